The average Bonchev–Trinajstić information content (AvgIpc) is 2.84. The zero-order valence-corrected chi connectivity index (χ0v) is 17.6. The summed E-state index contributed by atoms with van der Waals surface area (Å²) in [6.45, 7) is 1.56. The molecule has 0 aromatic heterocycles. The van der Waals surface area contributed by atoms with Crippen LogP contribution in [0.5, 0.6) is 0 Å². The Hall–Kier alpha value is -2.33. The maximum atomic E-state index is 11.6. The van der Waals surface area contributed by atoms with Gasteiger partial charge in [-0.1, -0.05) is 60.7 Å². The number of ether oxygens (including phenoxy) is 2. The molecule has 0 aliphatic carbocycles. The Morgan fingerprint density at radius 1 is 0.875 bits per heavy atom. The summed E-state index contributed by atoms with van der Waals surface area (Å²) in [7, 11) is 0. The number of carboxylic acid groups (broad SMARTS) is 1. The van der Waals surface area contributed by atoms with Gasteiger partial charge in [0.2, 0.25) is 0 Å². The van der Waals surface area contributed by atoms with Gasteiger partial charge in [0.25, 0.3) is 0 Å². The molecular formula is C24H29NO7. The summed E-state index contributed by atoms with van der Waals surface area (Å²) in [5.74, 6) is -1.46. The number of rotatable bonds is 6. The first-order valence-electron chi connectivity index (χ1n) is 10.9. The van der Waals surface area contributed by atoms with Crippen molar-refractivity contribution in [3.8, 4) is 0 Å². The molecule has 2 aromatic rings. The van der Waals surface area contributed by atoms with Crippen molar-refractivity contribution in [1.82, 2.24) is 5.32 Å². The molecule has 2 aliphatic heterocycles. The van der Waals surface area contributed by atoms with Gasteiger partial charge in [-0.3, -0.25) is 0 Å². The predicted molar refractivity (Wildman–Crippen MR) is 115 cm³/mol. The highest BCUT2D eigenvalue weighted by molar-refractivity contribution is 5.73. The highest BCUT2D eigenvalue weighted by Crippen LogP contribution is 2.46. The number of piperidine rings is 1. The fourth-order valence-corrected chi connectivity index (χ4v) is 4.80. The molecule has 5 atom stereocenters. The Kier molecular flexibility index (Phi) is 6.90. The topological polar surface area (TPSA) is 128 Å². The van der Waals surface area contributed by atoms with Gasteiger partial charge >= 0.3 is 5.97 Å². The monoisotopic (exact) mass is 443 g/mol. The molecule has 32 heavy (non-hydrogen) atoms. The standard InChI is InChI=1S/C24H29NO7/c26-18-19(27)21(22(29)30)31-23(20(18)28)32-24(15-7-3-1-4-8-15,16-9-5-2-6-10-16)17-11-13-25-14-12-17/h1-10,17-21,23,25-28H,11-14H2,(H,29,30). The van der Waals surface area contributed by atoms with E-state index >= 15 is 0 Å². The summed E-state index contributed by atoms with van der Waals surface area (Å²) < 4.78 is 12.1. The van der Waals surface area contributed by atoms with Crippen LogP contribution in [0.25, 0.3) is 0 Å². The number of carboxylic acids is 1. The molecule has 8 heteroatoms. The van der Waals surface area contributed by atoms with E-state index < -0.39 is 42.3 Å². The fraction of sp³-hybridized carbons (Fsp3) is 0.458. The Morgan fingerprint density at radius 3 is 1.91 bits per heavy atom. The lowest BCUT2D eigenvalue weighted by Crippen LogP contribution is -2.62. The molecule has 2 heterocycles. The van der Waals surface area contributed by atoms with Gasteiger partial charge < -0.3 is 35.2 Å². The van der Waals surface area contributed by atoms with Crippen LogP contribution in [0.2, 0.25) is 0 Å². The first kappa shape index (κ1) is 22.8. The smallest absolute Gasteiger partial charge is 0.335 e. The molecule has 0 bridgehead atoms. The summed E-state index contributed by atoms with van der Waals surface area (Å²) in [6, 6.07) is 19.1. The van der Waals surface area contributed by atoms with Gasteiger partial charge in [-0.2, -0.15) is 0 Å². The number of hydrogen-bond acceptors (Lipinski definition) is 7. The molecule has 2 aliphatic rings. The second-order valence-corrected chi connectivity index (χ2v) is 8.34. The van der Waals surface area contributed by atoms with E-state index in [1.165, 1.54) is 0 Å². The van der Waals surface area contributed by atoms with Gasteiger partial charge in [0.1, 0.15) is 23.9 Å². The van der Waals surface area contributed by atoms with Crippen molar-refractivity contribution < 1.29 is 34.7 Å². The van der Waals surface area contributed by atoms with Crippen LogP contribution in [0.3, 0.4) is 0 Å². The summed E-state index contributed by atoms with van der Waals surface area (Å²) in [6.07, 6.45) is -6.77. The van der Waals surface area contributed by atoms with Crippen molar-refractivity contribution in [1.29, 1.82) is 0 Å². The maximum absolute atomic E-state index is 11.6. The first-order valence-corrected chi connectivity index (χ1v) is 10.9. The molecule has 2 aromatic carbocycles. The lowest BCUT2D eigenvalue weighted by Gasteiger charge is -2.48. The van der Waals surface area contributed by atoms with Crippen LogP contribution in [0.4, 0.5) is 0 Å². The molecule has 172 valence electrons. The minimum atomic E-state index is -1.77. The molecule has 2 saturated heterocycles. The van der Waals surface area contributed by atoms with Crippen LogP contribution >= 0.6 is 0 Å². The fourth-order valence-electron chi connectivity index (χ4n) is 4.80. The van der Waals surface area contributed by atoms with Crippen molar-refractivity contribution in [2.75, 3.05) is 13.1 Å². The number of aliphatic hydroxyl groups is 3. The molecule has 0 spiro atoms. The maximum Gasteiger partial charge on any atom is 0.335 e. The molecule has 8 nitrogen and oxygen atoms in total. The van der Waals surface area contributed by atoms with Gasteiger partial charge in [-0.25, -0.2) is 4.79 Å². The zero-order chi connectivity index (χ0) is 22.7. The van der Waals surface area contributed by atoms with E-state index in [9.17, 15) is 25.2 Å². The SMILES string of the molecule is O=C(O)C1OC(OC(c2ccccc2)(c2ccccc2)C2CCNCC2)C(O)C(O)C1O. The summed E-state index contributed by atoms with van der Waals surface area (Å²) in [5.41, 5.74) is 0.601. The van der Waals surface area contributed by atoms with Gasteiger partial charge in [-0.05, 0) is 43.0 Å². The second-order valence-electron chi connectivity index (χ2n) is 8.34. The third-order valence-corrected chi connectivity index (χ3v) is 6.43. The van der Waals surface area contributed by atoms with Crippen LogP contribution in [-0.2, 0) is 19.9 Å². The van der Waals surface area contributed by atoms with Crippen molar-refractivity contribution in [2.24, 2.45) is 5.92 Å². The van der Waals surface area contributed by atoms with Gasteiger partial charge in [0.05, 0.1) is 0 Å². The Morgan fingerprint density at radius 2 is 1.41 bits per heavy atom. The van der Waals surface area contributed by atoms with E-state index in [0.29, 0.717) is 0 Å². The van der Waals surface area contributed by atoms with Gasteiger partial charge in [0.15, 0.2) is 12.4 Å². The Labute approximate surface area is 186 Å². The van der Waals surface area contributed by atoms with E-state index in [-0.39, 0.29) is 5.92 Å². The van der Waals surface area contributed by atoms with Crippen molar-refractivity contribution in [3.63, 3.8) is 0 Å². The zero-order valence-electron chi connectivity index (χ0n) is 17.6. The van der Waals surface area contributed by atoms with E-state index in [1.807, 2.05) is 60.7 Å². The van der Waals surface area contributed by atoms with Crippen LogP contribution < -0.4 is 5.32 Å². The Balaban J connectivity index is 1.82. The van der Waals surface area contributed by atoms with Crippen molar-refractivity contribution in [2.45, 2.75) is 49.1 Å². The molecular weight excluding hydrogens is 414 g/mol. The third-order valence-electron chi connectivity index (χ3n) is 6.43. The van der Waals surface area contributed by atoms with Crippen LogP contribution in [0, 0.1) is 5.92 Å². The summed E-state index contributed by atoms with van der Waals surface area (Å²) in [5, 5.41) is 44.0. The van der Waals surface area contributed by atoms with Gasteiger partial charge in [-0.15, -0.1) is 0 Å². The molecule has 0 radical (unpaired) electrons. The molecule has 5 N–H and O–H groups in total. The van der Waals surface area contributed by atoms with Crippen molar-refractivity contribution in [3.05, 3.63) is 71.8 Å². The number of aliphatic hydroxyl groups excluding tert-OH is 3. The first-order chi connectivity index (χ1) is 15.4. The largest absolute Gasteiger partial charge is 0.479 e. The van der Waals surface area contributed by atoms with E-state index in [1.54, 1.807) is 0 Å². The highest BCUT2D eigenvalue weighted by Gasteiger charge is 2.52. The quantitative estimate of drug-likeness (QED) is 0.444. The molecule has 0 amide bonds. The van der Waals surface area contributed by atoms with Crippen molar-refractivity contribution >= 4 is 5.97 Å². The highest BCUT2D eigenvalue weighted by atomic mass is 16.7. The van der Waals surface area contributed by atoms with E-state index in [2.05, 4.69) is 5.32 Å². The predicted octanol–water partition coefficient (Wildman–Crippen LogP) is 0.839. The lowest BCUT2D eigenvalue weighted by molar-refractivity contribution is -0.324. The molecule has 0 saturated carbocycles. The number of hydrogen-bond donors (Lipinski definition) is 5. The summed E-state index contributed by atoms with van der Waals surface area (Å²) in [4.78, 5) is 11.6. The minimum absolute atomic E-state index is 0.0170. The number of carbonyl (C=O) groups is 1. The number of aliphatic carboxylic acids is 1. The second kappa shape index (κ2) is 9.66. The van der Waals surface area contributed by atoms with E-state index in [0.717, 1.165) is 37.1 Å². The lowest BCUT2D eigenvalue weighted by atomic mass is 9.72. The molecule has 5 unspecified atom stereocenters. The van der Waals surface area contributed by atoms with Gasteiger partial charge in [0, 0.05) is 0 Å². The molecule has 2 fully saturated rings. The average molecular weight is 443 g/mol. The van der Waals surface area contributed by atoms with Crippen LogP contribution in [-0.4, -0.2) is 70.2 Å². The third kappa shape index (κ3) is 4.17. The van der Waals surface area contributed by atoms with E-state index in [4.69, 9.17) is 9.47 Å². The normalized spacial score (nSPS) is 29.5. The molecule has 4 rings (SSSR count). The van der Waals surface area contributed by atoms with Crippen LogP contribution in [0.1, 0.15) is 24.0 Å². The van der Waals surface area contributed by atoms with Crippen LogP contribution in [0.15, 0.2) is 60.7 Å². The number of benzene rings is 2. The number of nitrogens with one attached hydrogen (secondary N) is 1. The summed E-state index contributed by atoms with van der Waals surface area (Å²) >= 11 is 0. The minimum Gasteiger partial charge on any atom is -0.479 e. The Bertz CT molecular complexity index is 848.